The lowest BCUT2D eigenvalue weighted by Crippen LogP contribution is -2.47. The molecule has 2 fully saturated rings. The first-order valence-electron chi connectivity index (χ1n) is 7.80. The largest absolute Gasteiger partial charge is 0.351 e. The number of nitrogens with zero attached hydrogens (tertiary/aromatic N) is 1. The monoisotopic (exact) mass is 342 g/mol. The number of hydrogen-bond acceptors (Lipinski definition) is 4. The second-order valence-electron chi connectivity index (χ2n) is 6.39. The summed E-state index contributed by atoms with van der Waals surface area (Å²) in [5, 5.41) is 8.73. The van der Waals surface area contributed by atoms with Gasteiger partial charge in [-0.05, 0) is 38.6 Å². The van der Waals surface area contributed by atoms with E-state index in [0.29, 0.717) is 6.54 Å². The van der Waals surface area contributed by atoms with Gasteiger partial charge in [0.1, 0.15) is 12.1 Å². The van der Waals surface area contributed by atoms with Gasteiger partial charge in [0.2, 0.25) is 5.91 Å². The molecule has 0 aromatic carbocycles. The molecule has 1 aliphatic carbocycles. The highest BCUT2D eigenvalue weighted by Crippen LogP contribution is 2.42. The van der Waals surface area contributed by atoms with Crippen molar-refractivity contribution in [3.8, 4) is 0 Å². The van der Waals surface area contributed by atoms with Crippen LogP contribution in [0.2, 0.25) is 0 Å². The van der Waals surface area contributed by atoms with Crippen molar-refractivity contribution in [2.24, 2.45) is 5.92 Å². The van der Waals surface area contributed by atoms with E-state index in [0.717, 1.165) is 37.3 Å². The second-order valence-corrected chi connectivity index (χ2v) is 6.39. The van der Waals surface area contributed by atoms with Gasteiger partial charge in [0.25, 0.3) is 5.91 Å². The Kier molecular flexibility index (Phi) is 5.31. The van der Waals surface area contributed by atoms with Crippen LogP contribution in [-0.2, 0) is 9.59 Å². The van der Waals surface area contributed by atoms with Crippen LogP contribution in [0.15, 0.2) is 11.6 Å². The van der Waals surface area contributed by atoms with Gasteiger partial charge in [-0.15, -0.1) is 12.4 Å². The van der Waals surface area contributed by atoms with Crippen molar-refractivity contribution in [1.29, 1.82) is 0 Å². The lowest BCUT2D eigenvalue weighted by molar-refractivity contribution is -0.135. The topological polar surface area (TPSA) is 90.5 Å². The Balaban J connectivity index is 0.00000192. The number of carbonyl (C=O) groups is 3. The normalized spacial score (nSPS) is 27.2. The van der Waals surface area contributed by atoms with E-state index in [9.17, 15) is 14.4 Å². The quantitative estimate of drug-likeness (QED) is 0.490. The van der Waals surface area contributed by atoms with E-state index in [4.69, 9.17) is 0 Å². The molecule has 0 aromatic rings. The molecule has 7 nitrogen and oxygen atoms in total. The minimum atomic E-state index is -0.824. The fourth-order valence-corrected chi connectivity index (χ4v) is 3.04. The van der Waals surface area contributed by atoms with Gasteiger partial charge >= 0.3 is 6.03 Å². The van der Waals surface area contributed by atoms with Crippen LogP contribution in [0.25, 0.3) is 0 Å². The van der Waals surface area contributed by atoms with Crippen LogP contribution in [-0.4, -0.2) is 54.5 Å². The smallest absolute Gasteiger partial charge is 0.325 e. The highest BCUT2D eigenvalue weighted by Gasteiger charge is 2.56. The number of carbonyl (C=O) groups excluding carboxylic acids is 3. The summed E-state index contributed by atoms with van der Waals surface area (Å²) in [6, 6.07) is -0.462. The first-order chi connectivity index (χ1) is 10.5. The zero-order valence-corrected chi connectivity index (χ0v) is 14.0. The lowest BCUT2D eigenvalue weighted by atomic mass is 9.96. The molecule has 1 saturated heterocycles. The number of urea groups is 1. The SMILES string of the molecule is CC1(C2CC2)NC(=O)N(CC(=O)NCC2=CCNCC2)C1=O.Cl. The van der Waals surface area contributed by atoms with Crippen molar-refractivity contribution in [2.45, 2.75) is 31.7 Å². The van der Waals surface area contributed by atoms with Gasteiger partial charge in [0.05, 0.1) is 0 Å². The summed E-state index contributed by atoms with van der Waals surface area (Å²) < 4.78 is 0. The average Bonchev–Trinajstić information content (AvgIpc) is 3.33. The van der Waals surface area contributed by atoms with Gasteiger partial charge < -0.3 is 16.0 Å². The molecular formula is C15H23ClN4O3. The van der Waals surface area contributed by atoms with E-state index in [1.54, 1.807) is 6.92 Å². The summed E-state index contributed by atoms with van der Waals surface area (Å²) in [7, 11) is 0. The Morgan fingerprint density at radius 1 is 1.43 bits per heavy atom. The van der Waals surface area contributed by atoms with Crippen LogP contribution in [0.5, 0.6) is 0 Å². The first kappa shape index (κ1) is 17.7. The van der Waals surface area contributed by atoms with Crippen LogP contribution >= 0.6 is 12.4 Å². The Bertz CT molecular complexity index is 547. The molecule has 1 unspecified atom stereocenters. The van der Waals surface area contributed by atoms with E-state index in [2.05, 4.69) is 22.0 Å². The van der Waals surface area contributed by atoms with Crippen LogP contribution in [0.4, 0.5) is 4.79 Å². The molecule has 1 atom stereocenters. The van der Waals surface area contributed by atoms with E-state index in [1.165, 1.54) is 5.57 Å². The zero-order chi connectivity index (χ0) is 15.7. The van der Waals surface area contributed by atoms with Crippen molar-refractivity contribution < 1.29 is 14.4 Å². The fourth-order valence-electron chi connectivity index (χ4n) is 3.04. The van der Waals surface area contributed by atoms with Crippen molar-refractivity contribution in [3.05, 3.63) is 11.6 Å². The molecule has 3 rings (SSSR count). The summed E-state index contributed by atoms with van der Waals surface area (Å²) in [5.41, 5.74) is 0.349. The van der Waals surface area contributed by atoms with Crippen LogP contribution in [0, 0.1) is 5.92 Å². The highest BCUT2D eigenvalue weighted by molar-refractivity contribution is 6.09. The fraction of sp³-hybridized carbons (Fsp3) is 0.667. The Morgan fingerprint density at radius 2 is 2.17 bits per heavy atom. The molecule has 0 bridgehead atoms. The number of nitrogens with one attached hydrogen (secondary N) is 3. The summed E-state index contributed by atoms with van der Waals surface area (Å²) >= 11 is 0. The van der Waals surface area contributed by atoms with Crippen molar-refractivity contribution >= 4 is 30.3 Å². The van der Waals surface area contributed by atoms with Crippen molar-refractivity contribution in [2.75, 3.05) is 26.2 Å². The van der Waals surface area contributed by atoms with E-state index >= 15 is 0 Å². The van der Waals surface area contributed by atoms with Gasteiger partial charge in [0, 0.05) is 13.1 Å². The molecule has 23 heavy (non-hydrogen) atoms. The molecule has 3 N–H and O–H groups in total. The van der Waals surface area contributed by atoms with E-state index < -0.39 is 11.6 Å². The zero-order valence-electron chi connectivity index (χ0n) is 13.2. The van der Waals surface area contributed by atoms with E-state index in [-0.39, 0.29) is 36.7 Å². The Hall–Kier alpha value is -1.60. The molecule has 8 heteroatoms. The number of imide groups is 1. The summed E-state index contributed by atoms with van der Waals surface area (Å²) in [6.07, 6.45) is 4.86. The highest BCUT2D eigenvalue weighted by atomic mass is 35.5. The van der Waals surface area contributed by atoms with Crippen molar-refractivity contribution in [3.63, 3.8) is 0 Å². The van der Waals surface area contributed by atoms with Gasteiger partial charge in [-0.2, -0.15) is 0 Å². The average molecular weight is 343 g/mol. The maximum Gasteiger partial charge on any atom is 0.325 e. The molecule has 0 aromatic heterocycles. The molecule has 3 aliphatic rings. The minimum Gasteiger partial charge on any atom is -0.351 e. The third-order valence-corrected chi connectivity index (χ3v) is 4.67. The third kappa shape index (κ3) is 3.67. The molecule has 4 amide bonds. The van der Waals surface area contributed by atoms with Crippen LogP contribution < -0.4 is 16.0 Å². The summed E-state index contributed by atoms with van der Waals surface area (Å²) in [5.74, 6) is -0.379. The number of amides is 4. The van der Waals surface area contributed by atoms with Gasteiger partial charge in [-0.3, -0.25) is 14.5 Å². The number of rotatable bonds is 5. The van der Waals surface area contributed by atoms with Gasteiger partial charge in [0.15, 0.2) is 0 Å². The third-order valence-electron chi connectivity index (χ3n) is 4.67. The molecule has 0 radical (unpaired) electrons. The standard InChI is InChI=1S/C15H22N4O3.ClH/c1-15(11-2-3-11)13(21)19(14(22)18-15)9-12(20)17-8-10-4-6-16-7-5-10;/h4,11,16H,2-3,5-9H2,1H3,(H,17,20)(H,18,22);1H. The predicted molar refractivity (Wildman–Crippen MR) is 87.2 cm³/mol. The summed E-state index contributed by atoms with van der Waals surface area (Å²) in [4.78, 5) is 37.4. The maximum absolute atomic E-state index is 12.4. The van der Waals surface area contributed by atoms with Gasteiger partial charge in [-0.1, -0.05) is 11.6 Å². The molecule has 0 spiro atoms. The molecule has 2 aliphatic heterocycles. The molecule has 128 valence electrons. The lowest BCUT2D eigenvalue weighted by Gasteiger charge is -2.21. The summed E-state index contributed by atoms with van der Waals surface area (Å²) in [6.45, 7) is 3.75. The predicted octanol–water partition coefficient (Wildman–Crippen LogP) is 0.165. The maximum atomic E-state index is 12.4. The van der Waals surface area contributed by atoms with Crippen LogP contribution in [0.1, 0.15) is 26.2 Å². The number of hydrogen-bond donors (Lipinski definition) is 3. The van der Waals surface area contributed by atoms with Gasteiger partial charge in [-0.25, -0.2) is 4.79 Å². The second kappa shape index (κ2) is 6.88. The Labute approximate surface area is 141 Å². The van der Waals surface area contributed by atoms with E-state index in [1.807, 2.05) is 0 Å². The Morgan fingerprint density at radius 3 is 2.78 bits per heavy atom. The molecular weight excluding hydrogens is 320 g/mol. The molecule has 1 saturated carbocycles. The minimum absolute atomic E-state index is 0. The molecule has 2 heterocycles. The van der Waals surface area contributed by atoms with Crippen LogP contribution in [0.3, 0.4) is 0 Å². The first-order valence-corrected chi connectivity index (χ1v) is 7.80. The van der Waals surface area contributed by atoms with Crippen molar-refractivity contribution in [1.82, 2.24) is 20.9 Å². The number of halogens is 1.